The summed E-state index contributed by atoms with van der Waals surface area (Å²) >= 11 is 0. The van der Waals surface area contributed by atoms with Crippen molar-refractivity contribution in [3.63, 3.8) is 0 Å². The van der Waals surface area contributed by atoms with E-state index >= 15 is 0 Å². The summed E-state index contributed by atoms with van der Waals surface area (Å²) in [5, 5.41) is 3.24. The second-order valence-electron chi connectivity index (χ2n) is 5.63. The minimum absolute atomic E-state index is 0.203. The van der Waals surface area contributed by atoms with E-state index in [1.807, 2.05) is 43.3 Å². The standard InChI is InChI=1S/C19H19NO3/c1-2-15(21)10-13-8-9-17-16(11-13)18(12-20-17)23-19(22)14-6-4-3-5-7-14/h3-9,11,18,20H,2,10,12H2,1H3. The first kappa shape index (κ1) is 15.3. The maximum Gasteiger partial charge on any atom is 0.338 e. The van der Waals surface area contributed by atoms with Crippen molar-refractivity contribution in [3.05, 3.63) is 65.2 Å². The van der Waals surface area contributed by atoms with Gasteiger partial charge in [0.1, 0.15) is 11.9 Å². The fourth-order valence-corrected chi connectivity index (χ4v) is 2.69. The SMILES string of the molecule is CCC(=O)Cc1ccc2c(c1)C(OC(=O)c1ccccc1)CN2. The molecule has 2 aromatic rings. The maximum atomic E-state index is 12.2. The minimum Gasteiger partial charge on any atom is -0.452 e. The van der Waals surface area contributed by atoms with Gasteiger partial charge < -0.3 is 10.1 Å². The van der Waals surface area contributed by atoms with E-state index in [-0.39, 0.29) is 17.9 Å². The zero-order chi connectivity index (χ0) is 16.2. The lowest BCUT2D eigenvalue weighted by Gasteiger charge is -2.13. The Morgan fingerprint density at radius 1 is 1.17 bits per heavy atom. The smallest absolute Gasteiger partial charge is 0.338 e. The highest BCUT2D eigenvalue weighted by molar-refractivity contribution is 5.89. The van der Waals surface area contributed by atoms with Crippen molar-refractivity contribution >= 4 is 17.4 Å². The van der Waals surface area contributed by atoms with Gasteiger partial charge in [-0.1, -0.05) is 31.2 Å². The van der Waals surface area contributed by atoms with E-state index in [0.717, 1.165) is 16.8 Å². The van der Waals surface area contributed by atoms with Crippen LogP contribution >= 0.6 is 0 Å². The van der Waals surface area contributed by atoms with Gasteiger partial charge in [-0.3, -0.25) is 4.79 Å². The van der Waals surface area contributed by atoms with Crippen LogP contribution in [-0.2, 0) is 16.0 Å². The number of esters is 1. The Bertz CT molecular complexity index is 725. The Balaban J connectivity index is 1.76. The molecule has 1 N–H and O–H groups in total. The molecule has 0 fully saturated rings. The quantitative estimate of drug-likeness (QED) is 0.858. The molecule has 0 spiro atoms. The third-order valence-electron chi connectivity index (χ3n) is 4.00. The first-order valence-corrected chi connectivity index (χ1v) is 7.82. The monoisotopic (exact) mass is 309 g/mol. The lowest BCUT2D eigenvalue weighted by atomic mass is 10.0. The highest BCUT2D eigenvalue weighted by Crippen LogP contribution is 2.33. The molecule has 0 saturated heterocycles. The van der Waals surface area contributed by atoms with Gasteiger partial charge in [0.25, 0.3) is 0 Å². The normalized spacial score (nSPS) is 15.6. The summed E-state index contributed by atoms with van der Waals surface area (Å²) in [5.74, 6) is -0.131. The molecule has 0 aliphatic carbocycles. The Hall–Kier alpha value is -2.62. The predicted octanol–water partition coefficient (Wildman–Crippen LogP) is 3.53. The van der Waals surface area contributed by atoms with Crippen LogP contribution in [0.3, 0.4) is 0 Å². The lowest BCUT2D eigenvalue weighted by Crippen LogP contribution is -2.13. The molecule has 1 heterocycles. The molecule has 2 aromatic carbocycles. The van der Waals surface area contributed by atoms with E-state index in [1.165, 1.54) is 0 Å². The number of anilines is 1. The summed E-state index contributed by atoms with van der Waals surface area (Å²) in [6, 6.07) is 14.8. The molecule has 0 aromatic heterocycles. The third-order valence-corrected chi connectivity index (χ3v) is 4.00. The second kappa shape index (κ2) is 6.65. The van der Waals surface area contributed by atoms with Crippen LogP contribution in [0.5, 0.6) is 0 Å². The molecule has 4 heteroatoms. The van der Waals surface area contributed by atoms with Crippen molar-refractivity contribution < 1.29 is 14.3 Å². The number of nitrogens with one attached hydrogen (secondary N) is 1. The molecule has 0 saturated carbocycles. The van der Waals surface area contributed by atoms with Crippen molar-refractivity contribution in [1.82, 2.24) is 0 Å². The van der Waals surface area contributed by atoms with Gasteiger partial charge in [0.2, 0.25) is 0 Å². The number of hydrogen-bond acceptors (Lipinski definition) is 4. The Labute approximate surface area is 135 Å². The molecule has 0 amide bonds. The van der Waals surface area contributed by atoms with E-state index in [0.29, 0.717) is 24.9 Å². The van der Waals surface area contributed by atoms with Gasteiger partial charge in [0.15, 0.2) is 0 Å². The summed E-state index contributed by atoms with van der Waals surface area (Å²) in [4.78, 5) is 23.8. The average molecular weight is 309 g/mol. The highest BCUT2D eigenvalue weighted by atomic mass is 16.5. The first-order chi connectivity index (χ1) is 11.2. The van der Waals surface area contributed by atoms with Gasteiger partial charge in [-0.2, -0.15) is 0 Å². The molecule has 0 bridgehead atoms. The average Bonchev–Trinajstić information content (AvgIpc) is 2.98. The number of ketones is 1. The molecule has 118 valence electrons. The van der Waals surface area contributed by atoms with Crippen LogP contribution in [0, 0.1) is 0 Å². The summed E-state index contributed by atoms with van der Waals surface area (Å²) in [5.41, 5.74) is 3.40. The van der Waals surface area contributed by atoms with Crippen molar-refractivity contribution in [3.8, 4) is 0 Å². The Morgan fingerprint density at radius 3 is 2.70 bits per heavy atom. The number of fused-ring (bicyclic) bond motifs is 1. The summed E-state index contributed by atoms with van der Waals surface area (Å²) < 4.78 is 5.62. The van der Waals surface area contributed by atoms with Crippen molar-refractivity contribution in [2.24, 2.45) is 0 Å². The van der Waals surface area contributed by atoms with Gasteiger partial charge in [-0.05, 0) is 29.8 Å². The molecule has 1 unspecified atom stereocenters. The number of hydrogen-bond donors (Lipinski definition) is 1. The van der Waals surface area contributed by atoms with Crippen molar-refractivity contribution in [2.75, 3.05) is 11.9 Å². The van der Waals surface area contributed by atoms with Crippen molar-refractivity contribution in [2.45, 2.75) is 25.9 Å². The van der Waals surface area contributed by atoms with Crippen LogP contribution < -0.4 is 5.32 Å². The van der Waals surface area contributed by atoms with E-state index in [1.54, 1.807) is 12.1 Å². The lowest BCUT2D eigenvalue weighted by molar-refractivity contribution is -0.118. The zero-order valence-electron chi connectivity index (χ0n) is 13.0. The third kappa shape index (κ3) is 3.42. The highest BCUT2D eigenvalue weighted by Gasteiger charge is 2.26. The topological polar surface area (TPSA) is 55.4 Å². The van der Waals surface area contributed by atoms with Gasteiger partial charge in [-0.15, -0.1) is 0 Å². The van der Waals surface area contributed by atoms with E-state index in [2.05, 4.69) is 5.32 Å². The summed E-state index contributed by atoms with van der Waals surface area (Å²) in [6.45, 7) is 2.42. The first-order valence-electron chi connectivity index (χ1n) is 7.82. The minimum atomic E-state index is -0.333. The number of benzene rings is 2. The van der Waals surface area contributed by atoms with Gasteiger partial charge in [0.05, 0.1) is 12.1 Å². The molecular weight excluding hydrogens is 290 g/mol. The second-order valence-corrected chi connectivity index (χ2v) is 5.63. The molecule has 0 radical (unpaired) electrons. The van der Waals surface area contributed by atoms with Crippen LogP contribution in [-0.4, -0.2) is 18.3 Å². The van der Waals surface area contributed by atoms with Crippen molar-refractivity contribution in [1.29, 1.82) is 0 Å². The maximum absolute atomic E-state index is 12.2. The Kier molecular flexibility index (Phi) is 4.42. The number of Topliss-reactive ketones (excluding diaryl/α,β-unsaturated/α-hetero) is 1. The molecule has 1 aliphatic rings. The number of carbonyl (C=O) groups is 2. The van der Waals surface area contributed by atoms with E-state index < -0.39 is 0 Å². The van der Waals surface area contributed by atoms with E-state index in [4.69, 9.17) is 4.74 Å². The van der Waals surface area contributed by atoms with Crippen LogP contribution in [0.4, 0.5) is 5.69 Å². The fourth-order valence-electron chi connectivity index (χ4n) is 2.69. The van der Waals surface area contributed by atoms with Gasteiger partial charge >= 0.3 is 5.97 Å². The molecule has 1 atom stereocenters. The molecule has 23 heavy (non-hydrogen) atoms. The molecular formula is C19H19NO3. The zero-order valence-corrected chi connectivity index (χ0v) is 13.0. The van der Waals surface area contributed by atoms with Crippen LogP contribution in [0.25, 0.3) is 0 Å². The number of carbonyl (C=O) groups excluding carboxylic acids is 2. The predicted molar refractivity (Wildman–Crippen MR) is 88.5 cm³/mol. The van der Waals surface area contributed by atoms with Gasteiger partial charge in [-0.25, -0.2) is 4.79 Å². The molecule has 1 aliphatic heterocycles. The summed E-state index contributed by atoms with van der Waals surface area (Å²) in [7, 11) is 0. The molecule has 3 rings (SSSR count). The van der Waals surface area contributed by atoms with Crippen LogP contribution in [0.1, 0.15) is 40.9 Å². The molecule has 4 nitrogen and oxygen atoms in total. The van der Waals surface area contributed by atoms with Crippen LogP contribution in [0.15, 0.2) is 48.5 Å². The summed E-state index contributed by atoms with van der Waals surface area (Å²) in [6.07, 6.45) is 0.625. The van der Waals surface area contributed by atoms with Gasteiger partial charge in [0, 0.05) is 24.1 Å². The van der Waals surface area contributed by atoms with Crippen LogP contribution in [0.2, 0.25) is 0 Å². The Morgan fingerprint density at radius 2 is 1.96 bits per heavy atom. The van der Waals surface area contributed by atoms with E-state index in [9.17, 15) is 9.59 Å². The number of ether oxygens (including phenoxy) is 1. The number of rotatable bonds is 5. The fraction of sp³-hybridized carbons (Fsp3) is 0.263. The largest absolute Gasteiger partial charge is 0.452 e.